The topological polar surface area (TPSA) is 54.5 Å². The van der Waals surface area contributed by atoms with E-state index in [-0.39, 0.29) is 29.3 Å². The standard InChI is InChI=1S/C30H30ClF2N3O2S/c1-17-4-10-24(33)28-26(17)27(31)29(39-28)30(37)36(23-8-6-22(34-2)7-9-23)16-20-12-18(5-11-25(20)38-3)19-13-21(32)15-35-14-19/h4-5,10-15,22-23,34H,6-9,16H2,1-3H3/t22-,23-. The Balaban J connectivity index is 1.56. The summed E-state index contributed by atoms with van der Waals surface area (Å²) in [6, 6.07) is 10.5. The zero-order valence-electron chi connectivity index (χ0n) is 22.1. The molecule has 5 nitrogen and oxygen atoms in total. The van der Waals surface area contributed by atoms with E-state index < -0.39 is 5.82 Å². The minimum atomic E-state index is -0.426. The molecule has 1 aliphatic rings. The molecule has 1 aliphatic carbocycles. The molecule has 0 radical (unpaired) electrons. The van der Waals surface area contributed by atoms with Crippen LogP contribution >= 0.6 is 22.9 Å². The highest BCUT2D eigenvalue weighted by molar-refractivity contribution is 7.21. The summed E-state index contributed by atoms with van der Waals surface area (Å²) in [6.07, 6.45) is 6.28. The van der Waals surface area contributed by atoms with Crippen LogP contribution in [0.25, 0.3) is 21.2 Å². The van der Waals surface area contributed by atoms with Crippen molar-refractivity contribution in [3.05, 3.63) is 81.5 Å². The van der Waals surface area contributed by atoms with Gasteiger partial charge < -0.3 is 15.0 Å². The van der Waals surface area contributed by atoms with Crippen molar-refractivity contribution in [2.24, 2.45) is 0 Å². The van der Waals surface area contributed by atoms with Gasteiger partial charge in [0.1, 0.15) is 22.3 Å². The second kappa shape index (κ2) is 11.6. The summed E-state index contributed by atoms with van der Waals surface area (Å²) in [4.78, 5) is 20.4. The highest BCUT2D eigenvalue weighted by Gasteiger charge is 2.32. The molecule has 39 heavy (non-hydrogen) atoms. The van der Waals surface area contributed by atoms with Gasteiger partial charge in [0.2, 0.25) is 0 Å². The highest BCUT2D eigenvalue weighted by atomic mass is 35.5. The number of fused-ring (bicyclic) bond motifs is 1. The first-order valence-corrected chi connectivity index (χ1v) is 14.1. The molecule has 5 rings (SSSR count). The number of methoxy groups -OCH3 is 1. The molecule has 1 amide bonds. The molecule has 204 valence electrons. The summed E-state index contributed by atoms with van der Waals surface area (Å²) in [7, 11) is 3.54. The third-order valence-corrected chi connectivity index (χ3v) is 9.28. The zero-order chi connectivity index (χ0) is 27.7. The lowest BCUT2D eigenvalue weighted by Crippen LogP contribution is -2.44. The lowest BCUT2D eigenvalue weighted by Gasteiger charge is -2.37. The number of carbonyl (C=O) groups is 1. The van der Waals surface area contributed by atoms with Crippen molar-refractivity contribution >= 4 is 38.9 Å². The first-order valence-electron chi connectivity index (χ1n) is 12.9. The van der Waals surface area contributed by atoms with Gasteiger partial charge in [0, 0.05) is 41.3 Å². The predicted octanol–water partition coefficient (Wildman–Crippen LogP) is 7.38. The van der Waals surface area contributed by atoms with E-state index in [1.807, 2.05) is 37.1 Å². The number of aromatic nitrogens is 1. The lowest BCUT2D eigenvalue weighted by molar-refractivity contribution is 0.0604. The summed E-state index contributed by atoms with van der Waals surface area (Å²) in [5.41, 5.74) is 3.00. The quantitative estimate of drug-likeness (QED) is 0.252. The summed E-state index contributed by atoms with van der Waals surface area (Å²) in [5.74, 6) is -0.424. The normalized spacial score (nSPS) is 17.4. The summed E-state index contributed by atoms with van der Waals surface area (Å²) >= 11 is 7.86. The van der Waals surface area contributed by atoms with Crippen LogP contribution < -0.4 is 10.1 Å². The number of nitrogens with zero attached hydrogens (tertiary/aromatic N) is 2. The number of benzene rings is 2. The Hall–Kier alpha value is -3.07. The van der Waals surface area contributed by atoms with Gasteiger partial charge in [-0.2, -0.15) is 0 Å². The van der Waals surface area contributed by atoms with Gasteiger partial charge in [0.15, 0.2) is 0 Å². The van der Waals surface area contributed by atoms with Crippen molar-refractivity contribution in [1.82, 2.24) is 15.2 Å². The predicted molar refractivity (Wildman–Crippen MR) is 153 cm³/mol. The molecular weight excluding hydrogens is 540 g/mol. The summed E-state index contributed by atoms with van der Waals surface area (Å²) in [6.45, 7) is 2.13. The zero-order valence-corrected chi connectivity index (χ0v) is 23.6. The summed E-state index contributed by atoms with van der Waals surface area (Å²) in [5, 5.41) is 4.22. The number of hydrogen-bond acceptors (Lipinski definition) is 5. The van der Waals surface area contributed by atoms with Crippen LogP contribution in [-0.4, -0.2) is 42.0 Å². The Morgan fingerprint density at radius 1 is 1.13 bits per heavy atom. The van der Waals surface area contributed by atoms with E-state index in [1.54, 1.807) is 19.4 Å². The average Bonchev–Trinajstić information content (AvgIpc) is 3.31. The van der Waals surface area contributed by atoms with E-state index in [0.29, 0.717) is 32.3 Å². The van der Waals surface area contributed by atoms with Crippen LogP contribution in [0, 0.1) is 18.6 Å². The average molecular weight is 570 g/mol. The van der Waals surface area contributed by atoms with Crippen molar-refractivity contribution < 1.29 is 18.3 Å². The van der Waals surface area contributed by atoms with E-state index in [9.17, 15) is 13.6 Å². The SMILES string of the molecule is CN[C@H]1CC[C@H](N(Cc2cc(-c3cncc(F)c3)ccc2OC)C(=O)c2sc3c(F)ccc(C)c3c2Cl)CC1. The molecule has 0 saturated heterocycles. The van der Waals surface area contributed by atoms with E-state index in [0.717, 1.165) is 59.9 Å². The fraction of sp³-hybridized carbons (Fsp3) is 0.333. The summed E-state index contributed by atoms with van der Waals surface area (Å²) < 4.78 is 34.7. The molecule has 0 spiro atoms. The number of carbonyl (C=O) groups excluding carboxylic acids is 1. The molecular formula is C30H30ClF2N3O2S. The first-order chi connectivity index (χ1) is 18.8. The third kappa shape index (κ3) is 5.51. The number of hydrogen-bond donors (Lipinski definition) is 1. The van der Waals surface area contributed by atoms with Gasteiger partial charge in [-0.3, -0.25) is 9.78 Å². The van der Waals surface area contributed by atoms with Gasteiger partial charge in [-0.1, -0.05) is 23.7 Å². The molecule has 2 aromatic heterocycles. The van der Waals surface area contributed by atoms with Crippen molar-refractivity contribution in [2.75, 3.05) is 14.2 Å². The van der Waals surface area contributed by atoms with Gasteiger partial charge >= 0.3 is 0 Å². The maximum absolute atomic E-state index is 14.7. The maximum atomic E-state index is 14.7. The fourth-order valence-corrected chi connectivity index (χ4v) is 7.06. The number of rotatable bonds is 7. The van der Waals surface area contributed by atoms with Crippen LogP contribution in [-0.2, 0) is 6.54 Å². The Labute approximate surface area is 235 Å². The molecule has 1 N–H and O–H groups in total. The number of amides is 1. The second-order valence-electron chi connectivity index (χ2n) is 9.96. The van der Waals surface area contributed by atoms with E-state index in [4.69, 9.17) is 16.3 Å². The maximum Gasteiger partial charge on any atom is 0.266 e. The van der Waals surface area contributed by atoms with Gasteiger partial charge in [-0.15, -0.1) is 11.3 Å². The van der Waals surface area contributed by atoms with Gasteiger partial charge in [0.05, 0.1) is 23.0 Å². The fourth-order valence-electron chi connectivity index (χ4n) is 5.43. The van der Waals surface area contributed by atoms with Crippen LogP contribution in [0.3, 0.4) is 0 Å². The smallest absolute Gasteiger partial charge is 0.266 e. The van der Waals surface area contributed by atoms with Crippen LogP contribution in [0.4, 0.5) is 8.78 Å². The Morgan fingerprint density at radius 2 is 1.90 bits per heavy atom. The van der Waals surface area contributed by atoms with Crippen LogP contribution in [0.15, 0.2) is 48.8 Å². The Kier molecular flexibility index (Phi) is 8.16. The molecule has 0 aliphatic heterocycles. The lowest BCUT2D eigenvalue weighted by atomic mass is 9.89. The van der Waals surface area contributed by atoms with Crippen molar-refractivity contribution in [3.8, 4) is 16.9 Å². The Bertz CT molecular complexity index is 1520. The number of pyridine rings is 1. The molecule has 0 atom stereocenters. The molecule has 1 fully saturated rings. The second-order valence-corrected chi connectivity index (χ2v) is 11.4. The number of nitrogens with one attached hydrogen (secondary N) is 1. The van der Waals surface area contributed by atoms with Crippen LogP contribution in [0.5, 0.6) is 5.75 Å². The molecule has 0 bridgehead atoms. The molecule has 2 aromatic carbocycles. The van der Waals surface area contributed by atoms with E-state index in [2.05, 4.69) is 10.3 Å². The highest BCUT2D eigenvalue weighted by Crippen LogP contribution is 2.41. The number of ether oxygens (including phenoxy) is 1. The molecule has 2 heterocycles. The van der Waals surface area contributed by atoms with E-state index >= 15 is 0 Å². The number of thiophene rings is 1. The third-order valence-electron chi connectivity index (χ3n) is 7.60. The minimum absolute atomic E-state index is 0.0291. The number of halogens is 3. The molecule has 1 saturated carbocycles. The van der Waals surface area contributed by atoms with E-state index in [1.165, 1.54) is 12.1 Å². The van der Waals surface area contributed by atoms with Crippen molar-refractivity contribution in [1.29, 1.82) is 0 Å². The van der Waals surface area contributed by atoms with Gasteiger partial charge in [0.25, 0.3) is 5.91 Å². The van der Waals surface area contributed by atoms with Gasteiger partial charge in [-0.25, -0.2) is 8.78 Å². The van der Waals surface area contributed by atoms with Crippen molar-refractivity contribution in [3.63, 3.8) is 0 Å². The molecule has 0 unspecified atom stereocenters. The van der Waals surface area contributed by atoms with Crippen molar-refractivity contribution in [2.45, 2.75) is 51.2 Å². The monoisotopic (exact) mass is 569 g/mol. The largest absolute Gasteiger partial charge is 0.496 e. The van der Waals surface area contributed by atoms with Crippen LogP contribution in [0.1, 0.15) is 46.5 Å². The Morgan fingerprint density at radius 3 is 2.56 bits per heavy atom. The first kappa shape index (κ1) is 27.5. The van der Waals surface area contributed by atoms with Gasteiger partial charge in [-0.05, 0) is 75.0 Å². The molecule has 4 aromatic rings. The van der Waals surface area contributed by atoms with Crippen LogP contribution in [0.2, 0.25) is 5.02 Å². The number of aryl methyl sites for hydroxylation is 1. The molecule has 9 heteroatoms. The minimum Gasteiger partial charge on any atom is -0.496 e.